The SMILES string of the molecule is CC1=CC(=O)[C@@H]2C[C@@H]3C(=CCn4c(=O)n(C)c(=O)n43)[C@H](c3cccc(F)c3O)[C@]2(C)C1=O. The van der Waals surface area contributed by atoms with Gasteiger partial charge < -0.3 is 5.11 Å². The molecule has 0 amide bonds. The summed E-state index contributed by atoms with van der Waals surface area (Å²) in [4.78, 5) is 52.0. The van der Waals surface area contributed by atoms with Gasteiger partial charge in [0, 0.05) is 24.4 Å². The van der Waals surface area contributed by atoms with E-state index in [0.717, 1.165) is 10.6 Å². The lowest BCUT2D eigenvalue weighted by molar-refractivity contribution is -0.139. The molecule has 3 aliphatic rings. The quantitative estimate of drug-likeness (QED) is 0.680. The molecule has 1 aromatic heterocycles. The summed E-state index contributed by atoms with van der Waals surface area (Å²) in [6.45, 7) is 3.34. The van der Waals surface area contributed by atoms with Crippen LogP contribution in [-0.4, -0.2) is 30.6 Å². The normalized spacial score (nSPS) is 29.1. The summed E-state index contributed by atoms with van der Waals surface area (Å²) in [5.74, 6) is -3.58. The van der Waals surface area contributed by atoms with E-state index in [4.69, 9.17) is 0 Å². The maximum atomic E-state index is 14.4. The van der Waals surface area contributed by atoms with Crippen molar-refractivity contribution < 1.29 is 19.1 Å². The standard InChI is InChI=1S/C23H22FN3O5/c1-11-9-17(28)14-10-16-12(7-8-26-21(31)25(3)22(32)27(16)26)18(23(14,2)20(11)30)13-5-4-6-15(24)19(13)29/h4-7,9,14,16,18,29H,8,10H2,1-3H3/t14-,16+,18+,23+/m0/s1. The number of Topliss-reactive ketones (excluding diaryl/α,β-unsaturated/α-hetero) is 1. The van der Waals surface area contributed by atoms with Gasteiger partial charge in [-0.2, -0.15) is 0 Å². The van der Waals surface area contributed by atoms with Crippen LogP contribution in [0.5, 0.6) is 5.75 Å². The maximum Gasteiger partial charge on any atom is 0.347 e. The van der Waals surface area contributed by atoms with Crippen molar-refractivity contribution in [3.05, 3.63) is 73.8 Å². The Morgan fingerprint density at radius 3 is 2.59 bits per heavy atom. The summed E-state index contributed by atoms with van der Waals surface area (Å²) in [6.07, 6.45) is 3.22. The van der Waals surface area contributed by atoms with Gasteiger partial charge in [-0.15, -0.1) is 0 Å². The van der Waals surface area contributed by atoms with Crippen molar-refractivity contribution in [2.75, 3.05) is 0 Å². The minimum Gasteiger partial charge on any atom is -0.505 e. The lowest BCUT2D eigenvalue weighted by atomic mass is 9.51. The first-order chi connectivity index (χ1) is 15.1. The number of aromatic nitrogens is 3. The van der Waals surface area contributed by atoms with Gasteiger partial charge in [-0.25, -0.2) is 27.9 Å². The van der Waals surface area contributed by atoms with E-state index in [-0.39, 0.29) is 30.1 Å². The summed E-state index contributed by atoms with van der Waals surface area (Å²) in [5, 5.41) is 10.6. The van der Waals surface area contributed by atoms with Gasteiger partial charge in [0.05, 0.1) is 18.0 Å². The molecule has 0 saturated heterocycles. The second-order valence-corrected chi connectivity index (χ2v) is 9.01. The average Bonchev–Trinajstić information content (AvgIpc) is 2.98. The zero-order valence-electron chi connectivity index (χ0n) is 17.8. The van der Waals surface area contributed by atoms with Crippen molar-refractivity contribution in [2.24, 2.45) is 18.4 Å². The van der Waals surface area contributed by atoms with Gasteiger partial charge in [-0.3, -0.25) is 9.59 Å². The van der Waals surface area contributed by atoms with Crippen molar-refractivity contribution in [3.63, 3.8) is 0 Å². The predicted molar refractivity (Wildman–Crippen MR) is 112 cm³/mol. The predicted octanol–water partition coefficient (Wildman–Crippen LogP) is 1.58. The number of para-hydroxylation sites is 1. The van der Waals surface area contributed by atoms with Crippen molar-refractivity contribution in [3.8, 4) is 5.75 Å². The van der Waals surface area contributed by atoms with E-state index in [2.05, 4.69) is 0 Å². The van der Waals surface area contributed by atoms with Crippen LogP contribution in [0.25, 0.3) is 0 Å². The molecule has 9 heteroatoms. The lowest BCUT2D eigenvalue weighted by Crippen LogP contribution is -2.54. The highest BCUT2D eigenvalue weighted by atomic mass is 19.1. The number of allylic oxidation sites excluding steroid dienone is 4. The minimum absolute atomic E-state index is 0.0883. The van der Waals surface area contributed by atoms with Gasteiger partial charge >= 0.3 is 11.4 Å². The van der Waals surface area contributed by atoms with Crippen molar-refractivity contribution in [2.45, 2.75) is 38.8 Å². The van der Waals surface area contributed by atoms with Crippen molar-refractivity contribution in [1.82, 2.24) is 13.9 Å². The third-order valence-electron chi connectivity index (χ3n) is 7.43. The number of fused-ring (bicyclic) bond motifs is 4. The minimum atomic E-state index is -1.27. The molecule has 8 nitrogen and oxygen atoms in total. The number of benzene rings is 1. The molecule has 2 heterocycles. The smallest absolute Gasteiger partial charge is 0.347 e. The number of nitrogens with zero attached hydrogens (tertiary/aromatic N) is 3. The first-order valence-electron chi connectivity index (χ1n) is 10.4. The number of carbonyl (C=O) groups is 2. The molecule has 0 spiro atoms. The average molecular weight is 439 g/mol. The number of phenolic OH excluding ortho intramolecular Hbond substituents is 1. The summed E-state index contributed by atoms with van der Waals surface area (Å²) < 4.78 is 18.0. The highest BCUT2D eigenvalue weighted by Gasteiger charge is 2.60. The first-order valence-corrected chi connectivity index (χ1v) is 10.4. The summed E-state index contributed by atoms with van der Waals surface area (Å²) >= 11 is 0. The summed E-state index contributed by atoms with van der Waals surface area (Å²) in [6, 6.07) is 3.42. The third kappa shape index (κ3) is 2.36. The topological polar surface area (TPSA) is 103 Å². The Balaban J connectivity index is 1.83. The highest BCUT2D eigenvalue weighted by molar-refractivity contribution is 6.13. The van der Waals surface area contributed by atoms with Crippen LogP contribution in [0.3, 0.4) is 0 Å². The van der Waals surface area contributed by atoms with Gasteiger partial charge in [-0.1, -0.05) is 25.1 Å². The van der Waals surface area contributed by atoms with Crippen LogP contribution in [0.4, 0.5) is 4.39 Å². The molecule has 4 atom stereocenters. The fourth-order valence-corrected chi connectivity index (χ4v) is 5.88. The molecule has 1 saturated carbocycles. The Bertz CT molecular complexity index is 1390. The summed E-state index contributed by atoms with van der Waals surface area (Å²) in [7, 11) is 1.38. The largest absolute Gasteiger partial charge is 0.505 e. The van der Waals surface area contributed by atoms with Crippen molar-refractivity contribution >= 4 is 11.6 Å². The number of halogens is 1. The molecule has 0 radical (unpaired) electrons. The van der Waals surface area contributed by atoms with Crippen LogP contribution in [-0.2, 0) is 23.2 Å². The number of phenols is 1. The molecular formula is C23H22FN3O5. The van der Waals surface area contributed by atoms with E-state index in [9.17, 15) is 28.7 Å². The number of hydrogen-bond donors (Lipinski definition) is 1. The number of aromatic hydroxyl groups is 1. The number of carbonyl (C=O) groups excluding carboxylic acids is 2. The van der Waals surface area contributed by atoms with E-state index in [1.807, 2.05) is 0 Å². The van der Waals surface area contributed by atoms with Gasteiger partial charge in [0.25, 0.3) is 0 Å². The van der Waals surface area contributed by atoms with Crippen LogP contribution in [0.2, 0.25) is 0 Å². The zero-order valence-corrected chi connectivity index (χ0v) is 17.8. The molecule has 2 aromatic rings. The van der Waals surface area contributed by atoms with E-state index >= 15 is 0 Å². The Labute approximate surface area is 181 Å². The van der Waals surface area contributed by atoms with Crippen molar-refractivity contribution in [1.29, 1.82) is 0 Å². The van der Waals surface area contributed by atoms with Crippen LogP contribution < -0.4 is 11.4 Å². The van der Waals surface area contributed by atoms with Crippen LogP contribution >= 0.6 is 0 Å². The molecule has 1 N–H and O–H groups in total. The zero-order chi connectivity index (χ0) is 23.1. The second kappa shape index (κ2) is 6.51. The molecule has 1 aromatic carbocycles. The van der Waals surface area contributed by atoms with Crippen LogP contribution in [0.15, 0.2) is 51.1 Å². The van der Waals surface area contributed by atoms with Crippen LogP contribution in [0, 0.1) is 17.2 Å². The molecule has 1 fully saturated rings. The van der Waals surface area contributed by atoms with E-state index in [0.29, 0.717) is 11.1 Å². The third-order valence-corrected chi connectivity index (χ3v) is 7.43. The van der Waals surface area contributed by atoms with Gasteiger partial charge in [0.1, 0.15) is 0 Å². The molecule has 5 rings (SSSR count). The van der Waals surface area contributed by atoms with Crippen LogP contribution in [0.1, 0.15) is 37.8 Å². The fraction of sp³-hybridized carbons (Fsp3) is 0.391. The Morgan fingerprint density at radius 2 is 1.88 bits per heavy atom. The second-order valence-electron chi connectivity index (χ2n) is 9.01. The molecule has 0 unspecified atom stereocenters. The molecule has 32 heavy (non-hydrogen) atoms. The van der Waals surface area contributed by atoms with Gasteiger partial charge in [0.15, 0.2) is 23.1 Å². The maximum absolute atomic E-state index is 14.4. The van der Waals surface area contributed by atoms with Gasteiger partial charge in [-0.05, 0) is 36.6 Å². The van der Waals surface area contributed by atoms with E-state index < -0.39 is 46.2 Å². The Morgan fingerprint density at radius 1 is 1.16 bits per heavy atom. The molecule has 0 bridgehead atoms. The summed E-state index contributed by atoms with van der Waals surface area (Å²) in [5.41, 5.74) is -1.18. The molecule has 166 valence electrons. The first kappa shape index (κ1) is 20.4. The molecular weight excluding hydrogens is 417 g/mol. The fourth-order valence-electron chi connectivity index (χ4n) is 5.88. The van der Waals surface area contributed by atoms with E-state index in [1.165, 1.54) is 34.6 Å². The molecule has 1 aliphatic heterocycles. The number of rotatable bonds is 1. The number of hydrogen-bond acceptors (Lipinski definition) is 5. The Hall–Kier alpha value is -3.49. The van der Waals surface area contributed by atoms with Gasteiger partial charge in [0.2, 0.25) is 0 Å². The monoisotopic (exact) mass is 439 g/mol. The molecule has 2 aliphatic carbocycles. The van der Waals surface area contributed by atoms with E-state index in [1.54, 1.807) is 19.9 Å². The number of ketones is 2. The lowest BCUT2D eigenvalue weighted by Gasteiger charge is -2.52. The highest BCUT2D eigenvalue weighted by Crippen LogP contribution is 2.60. The Kier molecular flexibility index (Phi) is 4.15.